The Kier molecular flexibility index (Phi) is 6.19. The molecule has 0 bridgehead atoms. The van der Waals surface area contributed by atoms with Gasteiger partial charge in [0.1, 0.15) is 5.69 Å². The number of hydrogen-bond donors (Lipinski definition) is 1. The maximum absolute atomic E-state index is 4.91. The Labute approximate surface area is 227 Å². The number of benzene rings is 2. The molecule has 7 heteroatoms. The van der Waals surface area contributed by atoms with Gasteiger partial charge in [0.25, 0.3) is 0 Å². The number of imidazole rings is 1. The molecular formula is C32H29N7. The number of hydrogen-bond acceptors (Lipinski definition) is 5. The van der Waals surface area contributed by atoms with Gasteiger partial charge in [0.2, 0.25) is 5.78 Å². The second-order valence-corrected chi connectivity index (χ2v) is 10.2. The van der Waals surface area contributed by atoms with Crippen molar-refractivity contribution in [2.45, 2.75) is 25.3 Å². The number of piperidine rings is 1. The minimum Gasteiger partial charge on any atom is -0.299 e. The topological polar surface area (TPSA) is 75.0 Å². The predicted molar refractivity (Wildman–Crippen MR) is 153 cm³/mol. The molecule has 1 fully saturated rings. The monoisotopic (exact) mass is 511 g/mol. The van der Waals surface area contributed by atoms with Gasteiger partial charge in [-0.3, -0.25) is 19.4 Å². The number of aromatic nitrogens is 6. The molecule has 7 rings (SSSR count). The predicted octanol–water partition coefficient (Wildman–Crippen LogP) is 6.23. The zero-order valence-corrected chi connectivity index (χ0v) is 21.6. The summed E-state index contributed by atoms with van der Waals surface area (Å²) in [6.07, 6.45) is 9.91. The van der Waals surface area contributed by atoms with Gasteiger partial charge in [0.15, 0.2) is 0 Å². The number of nitrogens with one attached hydrogen (secondary N) is 1. The highest BCUT2D eigenvalue weighted by Crippen LogP contribution is 2.32. The largest absolute Gasteiger partial charge is 0.299 e. The third-order valence-corrected chi connectivity index (χ3v) is 7.65. The van der Waals surface area contributed by atoms with Crippen LogP contribution < -0.4 is 0 Å². The molecule has 39 heavy (non-hydrogen) atoms. The number of pyridine rings is 1. The van der Waals surface area contributed by atoms with Crippen LogP contribution in [0.3, 0.4) is 0 Å². The molecular weight excluding hydrogens is 482 g/mol. The van der Waals surface area contributed by atoms with E-state index in [9.17, 15) is 0 Å². The molecule has 0 radical (unpaired) electrons. The van der Waals surface area contributed by atoms with E-state index < -0.39 is 0 Å². The lowest BCUT2D eigenvalue weighted by Gasteiger charge is -2.31. The van der Waals surface area contributed by atoms with Crippen molar-refractivity contribution in [3.63, 3.8) is 0 Å². The van der Waals surface area contributed by atoms with Crippen molar-refractivity contribution < 1.29 is 0 Å². The van der Waals surface area contributed by atoms with E-state index >= 15 is 0 Å². The van der Waals surface area contributed by atoms with Crippen LogP contribution in [0.1, 0.15) is 30.0 Å². The lowest BCUT2D eigenvalue weighted by molar-refractivity contribution is 0.203. The Bertz CT molecular complexity index is 1680. The van der Waals surface area contributed by atoms with Gasteiger partial charge in [-0.2, -0.15) is 5.10 Å². The van der Waals surface area contributed by atoms with Crippen LogP contribution in [0.5, 0.6) is 0 Å². The highest BCUT2D eigenvalue weighted by Gasteiger charge is 2.23. The lowest BCUT2D eigenvalue weighted by atomic mass is 9.93. The first-order valence-electron chi connectivity index (χ1n) is 13.5. The van der Waals surface area contributed by atoms with Crippen molar-refractivity contribution in [3.8, 4) is 33.8 Å². The average molecular weight is 512 g/mol. The van der Waals surface area contributed by atoms with E-state index in [4.69, 9.17) is 4.98 Å². The number of fused-ring (bicyclic) bond motifs is 1. The molecule has 1 N–H and O–H groups in total. The third kappa shape index (κ3) is 4.84. The van der Waals surface area contributed by atoms with E-state index in [0.29, 0.717) is 11.7 Å². The lowest BCUT2D eigenvalue weighted by Crippen LogP contribution is -2.32. The molecule has 0 spiro atoms. The van der Waals surface area contributed by atoms with Gasteiger partial charge in [-0.25, -0.2) is 9.97 Å². The Balaban J connectivity index is 1.04. The summed E-state index contributed by atoms with van der Waals surface area (Å²) >= 11 is 0. The smallest absolute Gasteiger partial charge is 0.234 e. The Morgan fingerprint density at radius 3 is 2.41 bits per heavy atom. The molecule has 0 atom stereocenters. The molecule has 0 amide bonds. The van der Waals surface area contributed by atoms with Crippen molar-refractivity contribution in [2.24, 2.45) is 0 Å². The minimum absolute atomic E-state index is 0.508. The molecule has 2 aromatic carbocycles. The summed E-state index contributed by atoms with van der Waals surface area (Å²) < 4.78 is 1.98. The molecule has 0 unspecified atom stereocenters. The first kappa shape index (κ1) is 23.5. The van der Waals surface area contributed by atoms with Crippen LogP contribution in [0.15, 0.2) is 104 Å². The second-order valence-electron chi connectivity index (χ2n) is 10.2. The van der Waals surface area contributed by atoms with Gasteiger partial charge in [0.05, 0.1) is 11.4 Å². The fraction of sp³-hybridized carbons (Fsp3) is 0.188. The van der Waals surface area contributed by atoms with Gasteiger partial charge in [0, 0.05) is 54.1 Å². The Morgan fingerprint density at radius 1 is 0.795 bits per heavy atom. The first-order chi connectivity index (χ1) is 19.3. The summed E-state index contributed by atoms with van der Waals surface area (Å²) in [5, 5.41) is 7.77. The number of aromatic amines is 1. The normalized spacial score (nSPS) is 14.7. The fourth-order valence-electron chi connectivity index (χ4n) is 5.52. The summed E-state index contributed by atoms with van der Waals surface area (Å²) in [7, 11) is 0. The number of likely N-dealkylation sites (tertiary alicyclic amines) is 1. The molecule has 0 saturated carbocycles. The average Bonchev–Trinajstić information content (AvgIpc) is 3.68. The van der Waals surface area contributed by atoms with Gasteiger partial charge in [-0.15, -0.1) is 0 Å². The van der Waals surface area contributed by atoms with E-state index in [1.165, 1.54) is 11.3 Å². The zero-order valence-electron chi connectivity index (χ0n) is 21.6. The molecule has 1 aliphatic heterocycles. The molecule has 7 nitrogen and oxygen atoms in total. The first-order valence-corrected chi connectivity index (χ1v) is 13.5. The Morgan fingerprint density at radius 2 is 1.62 bits per heavy atom. The van der Waals surface area contributed by atoms with E-state index in [0.717, 1.165) is 66.2 Å². The SMILES string of the molecule is c1ccc(-c2cn3ccnc3nc2-c2ccc(CN3CCC(c4cc(-c5ccccn5)n[nH]4)CC3)cc2)cc1. The van der Waals surface area contributed by atoms with Crippen LogP contribution >= 0.6 is 0 Å². The van der Waals surface area contributed by atoms with Crippen molar-refractivity contribution in [3.05, 3.63) is 115 Å². The summed E-state index contributed by atoms with van der Waals surface area (Å²) in [6, 6.07) is 27.4. The van der Waals surface area contributed by atoms with Crippen LogP contribution in [0.25, 0.3) is 39.5 Å². The highest BCUT2D eigenvalue weighted by atomic mass is 15.1. The van der Waals surface area contributed by atoms with Crippen molar-refractivity contribution in [1.82, 2.24) is 34.4 Å². The Hall–Kier alpha value is -4.62. The maximum atomic E-state index is 4.91. The van der Waals surface area contributed by atoms with E-state index in [-0.39, 0.29) is 0 Å². The maximum Gasteiger partial charge on any atom is 0.234 e. The summed E-state index contributed by atoms with van der Waals surface area (Å²) in [5.41, 5.74) is 8.67. The number of nitrogens with zero attached hydrogens (tertiary/aromatic N) is 6. The second kappa shape index (κ2) is 10.3. The van der Waals surface area contributed by atoms with E-state index in [2.05, 4.69) is 85.9 Å². The van der Waals surface area contributed by atoms with Gasteiger partial charge in [-0.05, 0) is 55.3 Å². The molecule has 1 saturated heterocycles. The fourth-order valence-corrected chi connectivity index (χ4v) is 5.52. The summed E-state index contributed by atoms with van der Waals surface area (Å²) in [6.45, 7) is 3.09. The van der Waals surface area contributed by atoms with Crippen LogP contribution in [-0.4, -0.2) is 47.5 Å². The van der Waals surface area contributed by atoms with Crippen LogP contribution in [0.4, 0.5) is 0 Å². The molecule has 0 aliphatic carbocycles. The number of rotatable bonds is 6. The highest BCUT2D eigenvalue weighted by molar-refractivity contribution is 5.81. The molecule has 6 aromatic rings. The summed E-state index contributed by atoms with van der Waals surface area (Å²) in [5.74, 6) is 1.22. The van der Waals surface area contributed by atoms with Crippen LogP contribution in [0, 0.1) is 0 Å². The zero-order chi connectivity index (χ0) is 26.0. The van der Waals surface area contributed by atoms with Gasteiger partial charge < -0.3 is 0 Å². The van der Waals surface area contributed by atoms with Crippen molar-refractivity contribution in [2.75, 3.05) is 13.1 Å². The van der Waals surface area contributed by atoms with E-state index in [1.54, 1.807) is 6.20 Å². The van der Waals surface area contributed by atoms with Gasteiger partial charge in [-0.1, -0.05) is 60.7 Å². The van der Waals surface area contributed by atoms with Crippen molar-refractivity contribution in [1.29, 1.82) is 0 Å². The minimum atomic E-state index is 0.508. The molecule has 4 aromatic heterocycles. The standard InChI is InChI=1S/C32H29N7/c1-2-6-24(7-3-1)27-22-39-19-16-34-32(39)35-31(27)26-11-9-23(10-12-26)21-38-17-13-25(14-18-38)29-20-30(37-36-29)28-8-4-5-15-33-28/h1-12,15-16,19-20,22,25H,13-14,17-18,21H2,(H,36,37). The molecule has 5 heterocycles. The van der Waals surface area contributed by atoms with Crippen LogP contribution in [0.2, 0.25) is 0 Å². The quantitative estimate of drug-likeness (QED) is 0.287. The van der Waals surface area contributed by atoms with Crippen LogP contribution in [-0.2, 0) is 6.54 Å². The van der Waals surface area contributed by atoms with Crippen molar-refractivity contribution >= 4 is 5.78 Å². The third-order valence-electron chi connectivity index (χ3n) is 7.65. The van der Waals surface area contributed by atoms with E-state index in [1.807, 2.05) is 41.1 Å². The number of H-pyrrole nitrogens is 1. The molecule has 1 aliphatic rings. The van der Waals surface area contributed by atoms with Gasteiger partial charge >= 0.3 is 0 Å². The summed E-state index contributed by atoms with van der Waals surface area (Å²) in [4.78, 5) is 16.3. The molecule has 192 valence electrons.